The molecule has 0 unspecified atom stereocenters. The van der Waals surface area contributed by atoms with Crippen molar-refractivity contribution >= 4 is 79.8 Å². The standard InChI is InChI=1S/C17H25N3O5S.C13H17N5O8S2/c1-7-12-11(8(2)21)16(23)20(12)13(17(24)25)14(7)26-9-5-10(18-6-9)15(22)19(3)4;1-5-7(10(20)18(5)28(23,24)25)16-9(19)8(6-4-27-12(14)15-6)17-26-13(2,3)11(21)22/h7-12,18,21H,5-6H2,1-4H3,(H,24,25);4-5,7H,1-3H3,(H2,14,15)(H,16,19)(H,21,22)(H,23,24,25)/b;17-8-/t7-,8-,9+,10+,11-,12-;5-,7-/m10/s1. The summed E-state index contributed by atoms with van der Waals surface area (Å²) in [5.41, 5.74) is 3.30. The summed E-state index contributed by atoms with van der Waals surface area (Å²) < 4.78 is 31.4. The Labute approximate surface area is 317 Å². The number of likely N-dealkylation sites (N-methyl/N-ethyl adjacent to an activating group) is 1. The molecular formula is C30H42N8O13S3. The van der Waals surface area contributed by atoms with E-state index in [0.29, 0.717) is 17.9 Å². The first-order chi connectivity index (χ1) is 24.9. The molecule has 5 rings (SSSR count). The molecule has 0 radical (unpaired) electrons. The maximum absolute atomic E-state index is 12.6. The maximum Gasteiger partial charge on any atom is 0.362 e. The quantitative estimate of drug-likeness (QED) is 0.0547. The van der Waals surface area contributed by atoms with Gasteiger partial charge >= 0.3 is 22.2 Å². The fourth-order valence-corrected chi connectivity index (χ4v) is 9.17. The Morgan fingerprint density at radius 1 is 1.20 bits per heavy atom. The molecule has 1 aromatic heterocycles. The van der Waals surface area contributed by atoms with Gasteiger partial charge in [-0.25, -0.2) is 18.9 Å². The number of hydrogen-bond acceptors (Lipinski definition) is 16. The predicted octanol–water partition coefficient (Wildman–Crippen LogP) is -1.48. The number of aromatic nitrogens is 1. The van der Waals surface area contributed by atoms with Gasteiger partial charge in [0.15, 0.2) is 10.8 Å². The van der Waals surface area contributed by atoms with Gasteiger partial charge in [-0.3, -0.25) is 23.7 Å². The van der Waals surface area contributed by atoms with Gasteiger partial charge < -0.3 is 46.3 Å². The van der Waals surface area contributed by atoms with Crippen molar-refractivity contribution in [1.82, 2.24) is 29.7 Å². The SMILES string of the molecule is C[C@@H](O)[C@H]1C(=O)N2C(C(=O)O)=C(S[C@@H]3CN[C@H](C(=O)N(C)C)C3)[C@H](C)[C@H]12.C[C@H]1[C@H](NC(=O)/C(=N\OC(C)(C)C(=O)O)c2csc(N)n2)C(=O)N1S(=O)(=O)O. The van der Waals surface area contributed by atoms with Crippen LogP contribution in [-0.4, -0.2) is 150 Å². The van der Waals surface area contributed by atoms with E-state index in [-0.39, 0.29) is 55.9 Å². The lowest BCUT2D eigenvalue weighted by Crippen LogP contribution is -2.71. The van der Waals surface area contributed by atoms with Crippen LogP contribution >= 0.6 is 23.1 Å². The van der Waals surface area contributed by atoms with Gasteiger partial charge in [-0.2, -0.15) is 8.42 Å². The minimum absolute atomic E-state index is 0.00757. The molecule has 0 bridgehead atoms. The monoisotopic (exact) mass is 818 g/mol. The van der Waals surface area contributed by atoms with Crippen molar-refractivity contribution in [3.8, 4) is 0 Å². The highest BCUT2D eigenvalue weighted by Gasteiger charge is 2.60. The molecule has 4 aliphatic heterocycles. The number of hydrogen-bond donors (Lipinski definition) is 7. The van der Waals surface area contributed by atoms with Gasteiger partial charge in [0.2, 0.25) is 17.4 Å². The minimum atomic E-state index is -4.76. The largest absolute Gasteiger partial charge is 0.478 e. The molecule has 4 aliphatic rings. The van der Waals surface area contributed by atoms with Gasteiger partial charge in [0.1, 0.15) is 17.4 Å². The van der Waals surface area contributed by atoms with E-state index >= 15 is 0 Å². The predicted molar refractivity (Wildman–Crippen MR) is 192 cm³/mol. The molecule has 24 heteroatoms. The molecule has 0 aliphatic carbocycles. The first kappa shape index (κ1) is 42.4. The summed E-state index contributed by atoms with van der Waals surface area (Å²) in [6.07, 6.45) is -0.190. The Bertz CT molecular complexity index is 1900. The van der Waals surface area contributed by atoms with Gasteiger partial charge in [-0.1, -0.05) is 12.1 Å². The lowest BCUT2D eigenvalue weighted by Gasteiger charge is -2.46. The number of fused-ring (bicyclic) bond motifs is 1. The average Bonchev–Trinajstić information content (AvgIpc) is 3.76. The van der Waals surface area contributed by atoms with Gasteiger partial charge in [0.05, 0.1) is 30.1 Å². The van der Waals surface area contributed by atoms with Crippen LogP contribution in [0.15, 0.2) is 21.1 Å². The molecule has 3 saturated heterocycles. The third kappa shape index (κ3) is 8.31. The summed E-state index contributed by atoms with van der Waals surface area (Å²) in [4.78, 5) is 84.2. The number of carboxylic acid groups (broad SMARTS) is 2. The number of carboxylic acids is 2. The van der Waals surface area contributed by atoms with Crippen LogP contribution in [0.3, 0.4) is 0 Å². The minimum Gasteiger partial charge on any atom is -0.478 e. The van der Waals surface area contributed by atoms with Crippen molar-refractivity contribution in [3.63, 3.8) is 0 Å². The number of aliphatic hydroxyl groups is 1. The molecule has 298 valence electrons. The first-order valence-corrected chi connectivity index (χ1v) is 19.5. The zero-order valence-electron chi connectivity index (χ0n) is 30.1. The molecule has 4 amide bonds. The number of aliphatic carboxylic acids is 2. The molecule has 1 aromatic rings. The van der Waals surface area contributed by atoms with Crippen molar-refractivity contribution in [1.29, 1.82) is 0 Å². The number of nitrogens with two attached hydrogens (primary N) is 1. The summed E-state index contributed by atoms with van der Waals surface area (Å²) in [7, 11) is -1.34. The molecule has 0 aromatic carbocycles. The highest BCUT2D eigenvalue weighted by Crippen LogP contribution is 2.51. The Kier molecular flexibility index (Phi) is 12.4. The highest BCUT2D eigenvalue weighted by molar-refractivity contribution is 8.03. The number of thiazole rings is 1. The molecule has 8 N–H and O–H groups in total. The molecule has 3 fully saturated rings. The number of anilines is 1. The van der Waals surface area contributed by atoms with E-state index in [9.17, 15) is 47.4 Å². The molecule has 0 spiro atoms. The Morgan fingerprint density at radius 2 is 1.83 bits per heavy atom. The molecule has 21 nitrogen and oxygen atoms in total. The van der Waals surface area contributed by atoms with E-state index in [1.54, 1.807) is 25.9 Å². The Morgan fingerprint density at radius 3 is 2.31 bits per heavy atom. The van der Waals surface area contributed by atoms with Crippen LogP contribution in [0.4, 0.5) is 5.13 Å². The van der Waals surface area contributed by atoms with E-state index in [4.69, 9.17) is 20.2 Å². The summed E-state index contributed by atoms with van der Waals surface area (Å²) in [5.74, 6) is -5.51. The number of aliphatic hydroxyl groups excluding tert-OH is 1. The second kappa shape index (κ2) is 15.8. The molecule has 8 atom stereocenters. The molecular weight excluding hydrogens is 777 g/mol. The maximum atomic E-state index is 12.6. The molecule has 54 heavy (non-hydrogen) atoms. The Balaban J connectivity index is 0.000000241. The summed E-state index contributed by atoms with van der Waals surface area (Å²) in [6.45, 7) is 7.77. The Hall–Kier alpha value is -4.36. The van der Waals surface area contributed by atoms with E-state index in [2.05, 4.69) is 20.8 Å². The number of nitrogen functional groups attached to an aromatic ring is 1. The number of oxime groups is 1. The normalized spacial score (nSPS) is 27.3. The van der Waals surface area contributed by atoms with Crippen molar-refractivity contribution in [3.05, 3.63) is 21.7 Å². The summed E-state index contributed by atoms with van der Waals surface area (Å²) >= 11 is 2.43. The fraction of sp³-hybridized carbons (Fsp3) is 0.600. The smallest absolute Gasteiger partial charge is 0.362 e. The first-order valence-electron chi connectivity index (χ1n) is 16.3. The number of thioether (sulfide) groups is 1. The molecule has 0 saturated carbocycles. The van der Waals surface area contributed by atoms with Crippen molar-refractivity contribution in [2.75, 3.05) is 26.4 Å². The van der Waals surface area contributed by atoms with E-state index in [1.807, 2.05) is 6.92 Å². The van der Waals surface area contributed by atoms with Crippen LogP contribution in [-0.2, 0) is 43.9 Å². The number of amides is 4. The zero-order chi connectivity index (χ0) is 40.8. The lowest BCUT2D eigenvalue weighted by molar-refractivity contribution is -0.163. The summed E-state index contributed by atoms with van der Waals surface area (Å²) in [5, 5.41) is 39.1. The second-order valence-corrected chi connectivity index (χ2v) is 17.2. The van der Waals surface area contributed by atoms with Crippen LogP contribution in [0.25, 0.3) is 0 Å². The van der Waals surface area contributed by atoms with E-state index < -0.39 is 69.5 Å². The number of carbonyl (C=O) groups excluding carboxylic acids is 4. The van der Waals surface area contributed by atoms with Crippen LogP contribution < -0.4 is 16.4 Å². The lowest BCUT2D eigenvalue weighted by atomic mass is 9.79. The van der Waals surface area contributed by atoms with E-state index in [1.165, 1.54) is 42.8 Å². The fourth-order valence-electron chi connectivity index (χ4n) is 6.26. The zero-order valence-corrected chi connectivity index (χ0v) is 32.6. The third-order valence-electron chi connectivity index (χ3n) is 9.16. The highest BCUT2D eigenvalue weighted by atomic mass is 32.2. The number of β-lactam (4-membered cyclic amide) rings is 2. The number of carbonyl (C=O) groups is 6. The van der Waals surface area contributed by atoms with Crippen LogP contribution in [0.1, 0.15) is 46.7 Å². The van der Waals surface area contributed by atoms with E-state index in [0.717, 1.165) is 11.3 Å². The van der Waals surface area contributed by atoms with Crippen LogP contribution in [0.5, 0.6) is 0 Å². The van der Waals surface area contributed by atoms with Crippen LogP contribution in [0.2, 0.25) is 0 Å². The number of nitrogens with one attached hydrogen (secondary N) is 2. The van der Waals surface area contributed by atoms with Crippen molar-refractivity contribution < 1.29 is 61.9 Å². The van der Waals surface area contributed by atoms with Crippen molar-refractivity contribution in [2.45, 2.75) is 82.2 Å². The van der Waals surface area contributed by atoms with Gasteiger partial charge in [0.25, 0.3) is 11.8 Å². The van der Waals surface area contributed by atoms with Crippen LogP contribution in [0, 0.1) is 11.8 Å². The summed E-state index contributed by atoms with van der Waals surface area (Å²) in [6, 6.07) is -2.88. The average molecular weight is 819 g/mol. The van der Waals surface area contributed by atoms with Crippen molar-refractivity contribution in [2.24, 2.45) is 17.0 Å². The second-order valence-electron chi connectivity index (χ2n) is 13.7. The number of nitrogens with zero attached hydrogens (tertiary/aromatic N) is 5. The van der Waals surface area contributed by atoms with Gasteiger partial charge in [-0.05, 0) is 34.1 Å². The topological polar surface area (TPSA) is 312 Å². The number of rotatable bonds is 12. The van der Waals surface area contributed by atoms with Gasteiger partial charge in [0, 0.05) is 42.1 Å². The third-order valence-corrected chi connectivity index (χ3v) is 12.4. The molecule has 5 heterocycles. The van der Waals surface area contributed by atoms with Gasteiger partial charge in [-0.15, -0.1) is 23.1 Å².